The van der Waals surface area contributed by atoms with Gasteiger partial charge in [-0.3, -0.25) is 0 Å². The molecule has 0 radical (unpaired) electrons. The maximum Gasteiger partial charge on any atom is 0.247 e. The third-order valence-electron chi connectivity index (χ3n) is 3.61. The van der Waals surface area contributed by atoms with E-state index in [1.54, 1.807) is 14.2 Å². The van der Waals surface area contributed by atoms with Crippen LogP contribution in [0.1, 0.15) is 18.9 Å². The number of hydrogen-bond donors (Lipinski definition) is 1. The highest BCUT2D eigenvalue weighted by atomic mass is 16.5. The van der Waals surface area contributed by atoms with Crippen LogP contribution < -0.4 is 14.8 Å². The molecule has 1 aromatic heterocycles. The smallest absolute Gasteiger partial charge is 0.247 e. The van der Waals surface area contributed by atoms with Crippen LogP contribution >= 0.6 is 0 Å². The molecule has 0 aliphatic carbocycles. The van der Waals surface area contributed by atoms with Crippen molar-refractivity contribution in [3.8, 4) is 23.0 Å². The van der Waals surface area contributed by atoms with Crippen LogP contribution in [0.25, 0.3) is 11.5 Å². The molecule has 6 nitrogen and oxygen atoms in total. The van der Waals surface area contributed by atoms with E-state index >= 15 is 0 Å². The summed E-state index contributed by atoms with van der Waals surface area (Å²) in [7, 11) is 3.23. The molecule has 3 rings (SSSR count). The molecule has 1 atom stereocenters. The van der Waals surface area contributed by atoms with E-state index in [0.29, 0.717) is 17.5 Å². The van der Waals surface area contributed by atoms with Crippen molar-refractivity contribution in [2.24, 2.45) is 0 Å². The molecule has 1 heterocycles. The van der Waals surface area contributed by atoms with Gasteiger partial charge in [0.25, 0.3) is 0 Å². The molecule has 0 spiro atoms. The molecule has 0 unspecified atom stereocenters. The minimum atomic E-state index is -0.169. The van der Waals surface area contributed by atoms with Crippen LogP contribution in [-0.4, -0.2) is 24.4 Å². The number of nitrogens with zero attached hydrogens (tertiary/aromatic N) is 2. The average Bonchev–Trinajstić information content (AvgIpc) is 3.13. The van der Waals surface area contributed by atoms with Gasteiger partial charge in [-0.05, 0) is 31.2 Å². The molecule has 0 fully saturated rings. The SMILES string of the molecule is COc1ccc(N[C@H](C)c2nnc(-c3ccccc3)o2)c(OC)c1. The minimum absolute atomic E-state index is 0.169. The quantitative estimate of drug-likeness (QED) is 0.740. The number of methoxy groups -OCH3 is 2. The zero-order chi connectivity index (χ0) is 16.9. The second-order valence-corrected chi connectivity index (χ2v) is 5.24. The number of hydrogen-bond acceptors (Lipinski definition) is 6. The molecule has 0 aliphatic heterocycles. The second kappa shape index (κ2) is 7.04. The van der Waals surface area contributed by atoms with Gasteiger partial charge in [-0.15, -0.1) is 10.2 Å². The van der Waals surface area contributed by atoms with Crippen LogP contribution in [0, 0.1) is 0 Å². The molecule has 2 aromatic carbocycles. The highest BCUT2D eigenvalue weighted by Gasteiger charge is 2.16. The van der Waals surface area contributed by atoms with Crippen molar-refractivity contribution in [3.63, 3.8) is 0 Å². The Hall–Kier alpha value is -3.02. The summed E-state index contributed by atoms with van der Waals surface area (Å²) in [6.45, 7) is 1.95. The molecule has 0 saturated carbocycles. The van der Waals surface area contributed by atoms with Gasteiger partial charge in [0.15, 0.2) is 0 Å². The lowest BCUT2D eigenvalue weighted by Gasteiger charge is -2.15. The molecule has 6 heteroatoms. The average molecular weight is 325 g/mol. The summed E-state index contributed by atoms with van der Waals surface area (Å²) in [5.41, 5.74) is 1.72. The van der Waals surface area contributed by atoms with Crippen LogP contribution in [0.3, 0.4) is 0 Å². The molecule has 0 bridgehead atoms. The lowest BCUT2D eigenvalue weighted by atomic mass is 10.2. The zero-order valence-corrected chi connectivity index (χ0v) is 13.8. The van der Waals surface area contributed by atoms with E-state index < -0.39 is 0 Å². The Morgan fingerprint density at radius 1 is 1.00 bits per heavy atom. The molecular formula is C18H19N3O3. The van der Waals surface area contributed by atoms with E-state index in [-0.39, 0.29) is 6.04 Å². The van der Waals surface area contributed by atoms with E-state index in [2.05, 4.69) is 15.5 Å². The molecular weight excluding hydrogens is 306 g/mol. The van der Waals surface area contributed by atoms with Gasteiger partial charge in [-0.2, -0.15) is 0 Å². The molecule has 3 aromatic rings. The van der Waals surface area contributed by atoms with Crippen molar-refractivity contribution >= 4 is 5.69 Å². The number of ether oxygens (including phenoxy) is 2. The molecule has 0 saturated heterocycles. The first kappa shape index (κ1) is 15.9. The fraction of sp³-hybridized carbons (Fsp3) is 0.222. The second-order valence-electron chi connectivity index (χ2n) is 5.24. The Balaban J connectivity index is 1.78. The molecule has 24 heavy (non-hydrogen) atoms. The van der Waals surface area contributed by atoms with E-state index in [0.717, 1.165) is 17.0 Å². The van der Waals surface area contributed by atoms with Gasteiger partial charge in [-0.25, -0.2) is 0 Å². The topological polar surface area (TPSA) is 69.4 Å². The fourth-order valence-corrected chi connectivity index (χ4v) is 2.32. The highest BCUT2D eigenvalue weighted by Crippen LogP contribution is 2.32. The first-order valence-electron chi connectivity index (χ1n) is 7.58. The van der Waals surface area contributed by atoms with Crippen LogP contribution in [0.2, 0.25) is 0 Å². The standard InChI is InChI=1S/C18H19N3O3/c1-12(19-15-10-9-14(22-2)11-16(15)23-3)17-20-21-18(24-17)13-7-5-4-6-8-13/h4-12,19H,1-3H3/t12-/m1/s1. The van der Waals surface area contributed by atoms with E-state index in [1.165, 1.54) is 0 Å². The maximum absolute atomic E-state index is 5.77. The number of anilines is 1. The summed E-state index contributed by atoms with van der Waals surface area (Å²) in [5.74, 6) is 2.42. The first-order chi connectivity index (χ1) is 11.7. The third-order valence-corrected chi connectivity index (χ3v) is 3.61. The first-order valence-corrected chi connectivity index (χ1v) is 7.58. The summed E-state index contributed by atoms with van der Waals surface area (Å²) >= 11 is 0. The summed E-state index contributed by atoms with van der Waals surface area (Å²) in [4.78, 5) is 0. The lowest BCUT2D eigenvalue weighted by molar-refractivity contribution is 0.395. The molecule has 0 aliphatic rings. The number of nitrogens with one attached hydrogen (secondary N) is 1. The van der Waals surface area contributed by atoms with Gasteiger partial charge in [0.1, 0.15) is 17.5 Å². The zero-order valence-electron chi connectivity index (χ0n) is 13.8. The molecule has 1 N–H and O–H groups in total. The van der Waals surface area contributed by atoms with Gasteiger partial charge in [0.2, 0.25) is 11.8 Å². The van der Waals surface area contributed by atoms with Crippen molar-refractivity contribution in [1.29, 1.82) is 0 Å². The van der Waals surface area contributed by atoms with Crippen molar-refractivity contribution in [2.45, 2.75) is 13.0 Å². The Morgan fingerprint density at radius 3 is 2.50 bits per heavy atom. The van der Waals surface area contributed by atoms with Gasteiger partial charge in [-0.1, -0.05) is 18.2 Å². The Labute approximate surface area is 140 Å². The van der Waals surface area contributed by atoms with Gasteiger partial charge < -0.3 is 19.2 Å². The van der Waals surface area contributed by atoms with Crippen molar-refractivity contribution in [2.75, 3.05) is 19.5 Å². The third kappa shape index (κ3) is 3.32. The molecule has 0 amide bonds. The summed E-state index contributed by atoms with van der Waals surface area (Å²) in [6.07, 6.45) is 0. The maximum atomic E-state index is 5.77. The Bertz CT molecular complexity index is 802. The predicted molar refractivity (Wildman–Crippen MR) is 91.3 cm³/mol. The number of benzene rings is 2. The van der Waals surface area contributed by atoms with Crippen LogP contribution in [0.15, 0.2) is 52.9 Å². The van der Waals surface area contributed by atoms with Crippen LogP contribution in [-0.2, 0) is 0 Å². The molecule has 124 valence electrons. The Morgan fingerprint density at radius 2 is 1.79 bits per heavy atom. The van der Waals surface area contributed by atoms with Gasteiger partial charge >= 0.3 is 0 Å². The summed E-state index contributed by atoms with van der Waals surface area (Å²) in [6, 6.07) is 15.1. The summed E-state index contributed by atoms with van der Waals surface area (Å²) in [5, 5.41) is 11.6. The monoisotopic (exact) mass is 325 g/mol. The lowest BCUT2D eigenvalue weighted by Crippen LogP contribution is -2.08. The minimum Gasteiger partial charge on any atom is -0.497 e. The largest absolute Gasteiger partial charge is 0.497 e. The van der Waals surface area contributed by atoms with Crippen molar-refractivity contribution in [1.82, 2.24) is 10.2 Å². The predicted octanol–water partition coefficient (Wildman–Crippen LogP) is 3.93. The fourth-order valence-electron chi connectivity index (χ4n) is 2.32. The highest BCUT2D eigenvalue weighted by molar-refractivity contribution is 5.60. The number of aromatic nitrogens is 2. The summed E-state index contributed by atoms with van der Waals surface area (Å²) < 4.78 is 16.4. The normalized spacial score (nSPS) is 11.8. The van der Waals surface area contributed by atoms with Crippen LogP contribution in [0.4, 0.5) is 5.69 Å². The van der Waals surface area contributed by atoms with E-state index in [4.69, 9.17) is 13.9 Å². The van der Waals surface area contributed by atoms with E-state index in [9.17, 15) is 0 Å². The Kier molecular flexibility index (Phi) is 4.65. The van der Waals surface area contributed by atoms with Crippen molar-refractivity contribution in [3.05, 3.63) is 54.4 Å². The van der Waals surface area contributed by atoms with E-state index in [1.807, 2.05) is 55.5 Å². The van der Waals surface area contributed by atoms with Crippen LogP contribution in [0.5, 0.6) is 11.5 Å². The van der Waals surface area contributed by atoms with Crippen molar-refractivity contribution < 1.29 is 13.9 Å². The van der Waals surface area contributed by atoms with Gasteiger partial charge in [0, 0.05) is 11.6 Å². The van der Waals surface area contributed by atoms with Gasteiger partial charge in [0.05, 0.1) is 19.9 Å². The number of rotatable bonds is 6.